The lowest BCUT2D eigenvalue weighted by Crippen LogP contribution is -2.32. The lowest BCUT2D eigenvalue weighted by Gasteiger charge is -2.26. The first-order valence-electron chi connectivity index (χ1n) is 6.93. The molecule has 1 aromatic carbocycles. The van der Waals surface area contributed by atoms with Crippen LogP contribution in [-0.2, 0) is 14.8 Å². The predicted octanol–water partition coefficient (Wildman–Crippen LogP) is 2.34. The van der Waals surface area contributed by atoms with Gasteiger partial charge >= 0.3 is 5.97 Å². The van der Waals surface area contributed by atoms with Gasteiger partial charge < -0.3 is 9.47 Å². The number of ether oxygens (including phenoxy) is 2. The highest BCUT2D eigenvalue weighted by molar-refractivity contribution is 7.89. The van der Waals surface area contributed by atoms with Crippen molar-refractivity contribution in [2.45, 2.75) is 17.4 Å². The molecule has 122 valence electrons. The van der Waals surface area contributed by atoms with Crippen molar-refractivity contribution in [2.24, 2.45) is 0 Å². The van der Waals surface area contributed by atoms with Crippen LogP contribution in [0.1, 0.15) is 27.7 Å². The van der Waals surface area contributed by atoms with Gasteiger partial charge in [-0.1, -0.05) is 18.2 Å². The molecule has 1 aliphatic heterocycles. The van der Waals surface area contributed by atoms with Crippen LogP contribution in [-0.4, -0.2) is 28.1 Å². The Morgan fingerprint density at radius 3 is 2.91 bits per heavy atom. The molecule has 1 atom stereocenters. The monoisotopic (exact) mass is 353 g/mol. The molecule has 1 aliphatic rings. The van der Waals surface area contributed by atoms with E-state index in [1.54, 1.807) is 11.4 Å². The van der Waals surface area contributed by atoms with E-state index in [4.69, 9.17) is 4.74 Å². The van der Waals surface area contributed by atoms with Crippen molar-refractivity contribution in [3.05, 3.63) is 46.2 Å². The van der Waals surface area contributed by atoms with Gasteiger partial charge in [0.25, 0.3) is 0 Å². The molecule has 0 saturated carbocycles. The zero-order valence-electron chi connectivity index (χ0n) is 12.3. The molecule has 6 nitrogen and oxygen atoms in total. The minimum atomic E-state index is -3.84. The normalized spacial score (nSPS) is 17.2. The van der Waals surface area contributed by atoms with E-state index < -0.39 is 22.0 Å². The molecular weight excluding hydrogens is 338 g/mol. The Morgan fingerprint density at radius 1 is 1.35 bits per heavy atom. The second-order valence-corrected chi connectivity index (χ2v) is 7.55. The van der Waals surface area contributed by atoms with E-state index in [1.807, 2.05) is 18.2 Å². The Morgan fingerprint density at radius 2 is 2.13 bits per heavy atom. The summed E-state index contributed by atoms with van der Waals surface area (Å²) in [4.78, 5) is 11.7. The second kappa shape index (κ2) is 6.31. The SMILES string of the molecule is COC(=O)c1sccc1S(=O)(=O)NC1CCOc2ccccc21. The first-order chi connectivity index (χ1) is 11.0. The van der Waals surface area contributed by atoms with Gasteiger partial charge in [0.1, 0.15) is 15.5 Å². The zero-order valence-corrected chi connectivity index (χ0v) is 13.9. The highest BCUT2D eigenvalue weighted by Crippen LogP contribution is 2.33. The van der Waals surface area contributed by atoms with E-state index in [2.05, 4.69) is 9.46 Å². The second-order valence-electron chi connectivity index (χ2n) is 4.95. The third-order valence-electron chi connectivity index (χ3n) is 3.55. The Hall–Kier alpha value is -1.90. The van der Waals surface area contributed by atoms with Gasteiger partial charge in [-0.25, -0.2) is 17.9 Å². The average molecular weight is 353 g/mol. The number of benzene rings is 1. The molecule has 1 aromatic heterocycles. The van der Waals surface area contributed by atoms with Crippen LogP contribution >= 0.6 is 11.3 Å². The van der Waals surface area contributed by atoms with Gasteiger partial charge in [0, 0.05) is 12.0 Å². The summed E-state index contributed by atoms with van der Waals surface area (Å²) in [5.74, 6) is 0.0118. The number of carbonyl (C=O) groups is 1. The number of fused-ring (bicyclic) bond motifs is 1. The van der Waals surface area contributed by atoms with Crippen LogP contribution in [0.2, 0.25) is 0 Å². The molecule has 2 aromatic rings. The lowest BCUT2D eigenvalue weighted by molar-refractivity contribution is 0.0602. The summed E-state index contributed by atoms with van der Waals surface area (Å²) in [5.41, 5.74) is 0.789. The average Bonchev–Trinajstić information content (AvgIpc) is 3.05. The number of esters is 1. The Kier molecular flexibility index (Phi) is 4.38. The standard InChI is InChI=1S/C15H15NO5S2/c1-20-15(17)14-13(7-9-22-14)23(18,19)16-11-6-8-21-12-5-3-2-4-10(11)12/h2-5,7,9,11,16H,6,8H2,1H3. The maximum absolute atomic E-state index is 12.7. The molecule has 2 heterocycles. The van der Waals surface area contributed by atoms with Crippen molar-refractivity contribution >= 4 is 27.3 Å². The molecular formula is C15H15NO5S2. The smallest absolute Gasteiger partial charge is 0.349 e. The van der Waals surface area contributed by atoms with Crippen molar-refractivity contribution in [3.8, 4) is 5.75 Å². The first-order valence-corrected chi connectivity index (χ1v) is 9.29. The molecule has 0 amide bonds. The van der Waals surface area contributed by atoms with Crippen LogP contribution in [0.25, 0.3) is 0 Å². The summed E-state index contributed by atoms with van der Waals surface area (Å²) in [6, 6.07) is 8.32. The van der Waals surface area contributed by atoms with E-state index in [-0.39, 0.29) is 9.77 Å². The Bertz CT molecular complexity index is 828. The zero-order chi connectivity index (χ0) is 16.4. The third kappa shape index (κ3) is 3.10. The maximum Gasteiger partial charge on any atom is 0.349 e. The number of para-hydroxylation sites is 1. The molecule has 0 saturated heterocycles. The fourth-order valence-electron chi connectivity index (χ4n) is 2.47. The van der Waals surface area contributed by atoms with Gasteiger partial charge in [-0.2, -0.15) is 0 Å². The number of methoxy groups -OCH3 is 1. The fourth-order valence-corrected chi connectivity index (χ4v) is 5.05. The van der Waals surface area contributed by atoms with E-state index in [0.29, 0.717) is 18.8 Å². The Labute approximate surface area is 138 Å². The number of thiophene rings is 1. The van der Waals surface area contributed by atoms with Crippen LogP contribution in [0, 0.1) is 0 Å². The van der Waals surface area contributed by atoms with Gasteiger partial charge in [-0.05, 0) is 17.5 Å². The summed E-state index contributed by atoms with van der Waals surface area (Å²) in [6.07, 6.45) is 0.522. The van der Waals surface area contributed by atoms with Gasteiger partial charge in [0.2, 0.25) is 10.0 Å². The topological polar surface area (TPSA) is 81.7 Å². The minimum Gasteiger partial charge on any atom is -0.493 e. The summed E-state index contributed by atoms with van der Waals surface area (Å²) in [5, 5.41) is 1.55. The van der Waals surface area contributed by atoms with Crippen molar-refractivity contribution < 1.29 is 22.7 Å². The Balaban J connectivity index is 1.92. The molecule has 0 spiro atoms. The molecule has 0 bridgehead atoms. The molecule has 0 radical (unpaired) electrons. The van der Waals surface area contributed by atoms with Crippen LogP contribution in [0.3, 0.4) is 0 Å². The maximum atomic E-state index is 12.7. The van der Waals surface area contributed by atoms with Crippen molar-refractivity contribution in [2.75, 3.05) is 13.7 Å². The van der Waals surface area contributed by atoms with Crippen LogP contribution in [0.4, 0.5) is 0 Å². The van der Waals surface area contributed by atoms with Gasteiger partial charge in [0.15, 0.2) is 0 Å². The summed E-state index contributed by atoms with van der Waals surface area (Å²) < 4.78 is 38.2. The van der Waals surface area contributed by atoms with Crippen molar-refractivity contribution in [3.63, 3.8) is 0 Å². The number of hydrogen-bond donors (Lipinski definition) is 1. The molecule has 23 heavy (non-hydrogen) atoms. The molecule has 0 aliphatic carbocycles. The van der Waals surface area contributed by atoms with Crippen molar-refractivity contribution in [1.29, 1.82) is 0 Å². The highest BCUT2D eigenvalue weighted by Gasteiger charge is 2.30. The molecule has 1 unspecified atom stereocenters. The fraction of sp³-hybridized carbons (Fsp3) is 0.267. The van der Waals surface area contributed by atoms with E-state index in [1.165, 1.54) is 13.2 Å². The van der Waals surface area contributed by atoms with E-state index >= 15 is 0 Å². The number of carbonyl (C=O) groups excluding carboxylic acids is 1. The van der Waals surface area contributed by atoms with E-state index in [9.17, 15) is 13.2 Å². The number of rotatable bonds is 4. The number of hydrogen-bond acceptors (Lipinski definition) is 6. The van der Waals surface area contributed by atoms with Crippen LogP contribution < -0.4 is 9.46 Å². The summed E-state index contributed by atoms with van der Waals surface area (Å²) in [7, 11) is -2.62. The van der Waals surface area contributed by atoms with E-state index in [0.717, 1.165) is 16.9 Å². The number of sulfonamides is 1. The highest BCUT2D eigenvalue weighted by atomic mass is 32.2. The third-order valence-corrected chi connectivity index (χ3v) is 6.08. The summed E-state index contributed by atoms with van der Waals surface area (Å²) in [6.45, 7) is 0.428. The van der Waals surface area contributed by atoms with Crippen LogP contribution in [0.15, 0.2) is 40.6 Å². The molecule has 8 heteroatoms. The quantitative estimate of drug-likeness (QED) is 0.853. The molecule has 0 fully saturated rings. The largest absolute Gasteiger partial charge is 0.493 e. The number of nitrogens with one attached hydrogen (secondary N) is 1. The first kappa shape index (κ1) is 16.0. The van der Waals surface area contributed by atoms with Gasteiger partial charge in [-0.3, -0.25) is 0 Å². The van der Waals surface area contributed by atoms with Gasteiger partial charge in [-0.15, -0.1) is 11.3 Å². The minimum absolute atomic E-state index is 0.0571. The predicted molar refractivity (Wildman–Crippen MR) is 85.3 cm³/mol. The lowest BCUT2D eigenvalue weighted by atomic mass is 10.0. The van der Waals surface area contributed by atoms with Gasteiger partial charge in [0.05, 0.1) is 19.8 Å². The molecule has 3 rings (SSSR count). The summed E-state index contributed by atoms with van der Waals surface area (Å²) >= 11 is 1.04. The molecule has 1 N–H and O–H groups in total. The van der Waals surface area contributed by atoms with Crippen LogP contribution in [0.5, 0.6) is 5.75 Å². The van der Waals surface area contributed by atoms with Crippen molar-refractivity contribution in [1.82, 2.24) is 4.72 Å².